The molecule has 1 aliphatic rings. The number of rotatable bonds is 7. The van der Waals surface area contributed by atoms with E-state index in [1.165, 1.54) is 5.56 Å². The van der Waals surface area contributed by atoms with E-state index in [4.69, 9.17) is 0 Å². The number of hydrogen-bond acceptors (Lipinski definition) is 3. The normalized spacial score (nSPS) is 15.1. The fraction of sp³-hybridized carbons (Fsp3) is 0.481. The maximum absolute atomic E-state index is 12.8. The van der Waals surface area contributed by atoms with Crippen LogP contribution >= 0.6 is 0 Å². The number of carbonyl (C=O) groups is 2. The van der Waals surface area contributed by atoms with Gasteiger partial charge in [-0.25, -0.2) is 0 Å². The first-order valence-electron chi connectivity index (χ1n) is 11.8. The molecule has 0 saturated carbocycles. The van der Waals surface area contributed by atoms with E-state index in [1.54, 1.807) is 0 Å². The summed E-state index contributed by atoms with van der Waals surface area (Å²) in [5, 5.41) is 3.05. The number of nitrogens with zero attached hydrogens (tertiary/aromatic N) is 2. The van der Waals surface area contributed by atoms with Gasteiger partial charge in [0.2, 0.25) is 5.91 Å². The van der Waals surface area contributed by atoms with Gasteiger partial charge in [-0.15, -0.1) is 0 Å². The van der Waals surface area contributed by atoms with Gasteiger partial charge >= 0.3 is 0 Å². The summed E-state index contributed by atoms with van der Waals surface area (Å²) in [6.07, 6.45) is 2.79. The van der Waals surface area contributed by atoms with E-state index in [1.807, 2.05) is 47.4 Å². The Morgan fingerprint density at radius 1 is 1.00 bits per heavy atom. The first kappa shape index (κ1) is 24.0. The first-order chi connectivity index (χ1) is 15.3. The van der Waals surface area contributed by atoms with Crippen LogP contribution in [0.3, 0.4) is 0 Å². The molecule has 0 atom stereocenters. The molecule has 2 aromatic carbocycles. The Hall–Kier alpha value is -2.66. The predicted octanol–water partition coefficient (Wildman–Crippen LogP) is 4.94. The number of anilines is 1. The molecule has 5 nitrogen and oxygen atoms in total. The summed E-state index contributed by atoms with van der Waals surface area (Å²) in [7, 11) is 0. The standard InChI is InChI=1S/C27H37N3O2/c1-5-17-30(20-25(31)28-23-13-11-22(12-14-23)27(2,3)4)24-15-18-29(19-16-24)26(32)21-9-7-6-8-10-21/h6-14,24H,5,15-20H2,1-4H3,(H,28,31). The molecule has 0 unspecified atom stereocenters. The van der Waals surface area contributed by atoms with Crippen molar-refractivity contribution in [1.82, 2.24) is 9.80 Å². The van der Waals surface area contributed by atoms with Crippen LogP contribution in [0.2, 0.25) is 0 Å². The molecule has 5 heteroatoms. The highest BCUT2D eigenvalue weighted by atomic mass is 16.2. The summed E-state index contributed by atoms with van der Waals surface area (Å²) in [6, 6.07) is 17.9. The Balaban J connectivity index is 1.54. The summed E-state index contributed by atoms with van der Waals surface area (Å²) in [4.78, 5) is 29.7. The first-order valence-corrected chi connectivity index (χ1v) is 11.8. The second-order valence-corrected chi connectivity index (χ2v) is 9.74. The van der Waals surface area contributed by atoms with Crippen LogP contribution in [0.1, 0.15) is 62.9 Å². The molecular weight excluding hydrogens is 398 g/mol. The molecular formula is C27H37N3O2. The quantitative estimate of drug-likeness (QED) is 0.670. The van der Waals surface area contributed by atoms with Crippen LogP contribution in [0.4, 0.5) is 5.69 Å². The van der Waals surface area contributed by atoms with E-state index in [0.717, 1.165) is 50.1 Å². The lowest BCUT2D eigenvalue weighted by Gasteiger charge is -2.38. The van der Waals surface area contributed by atoms with Gasteiger partial charge in [0.15, 0.2) is 0 Å². The van der Waals surface area contributed by atoms with Gasteiger partial charge in [-0.05, 0) is 61.1 Å². The summed E-state index contributed by atoms with van der Waals surface area (Å²) in [5.74, 6) is 0.118. The third-order valence-corrected chi connectivity index (χ3v) is 6.18. The Morgan fingerprint density at radius 2 is 1.62 bits per heavy atom. The minimum Gasteiger partial charge on any atom is -0.339 e. The van der Waals surface area contributed by atoms with Gasteiger partial charge < -0.3 is 10.2 Å². The molecule has 2 aromatic rings. The Bertz CT molecular complexity index is 879. The average molecular weight is 436 g/mol. The summed E-state index contributed by atoms with van der Waals surface area (Å²) in [5.41, 5.74) is 2.92. The number of nitrogens with one attached hydrogen (secondary N) is 1. The average Bonchev–Trinajstić information content (AvgIpc) is 2.79. The number of carbonyl (C=O) groups excluding carboxylic acids is 2. The van der Waals surface area contributed by atoms with Crippen LogP contribution in [0.5, 0.6) is 0 Å². The van der Waals surface area contributed by atoms with Crippen molar-refractivity contribution in [1.29, 1.82) is 0 Å². The summed E-state index contributed by atoms with van der Waals surface area (Å²) < 4.78 is 0. The number of piperidine rings is 1. The smallest absolute Gasteiger partial charge is 0.253 e. The minimum atomic E-state index is 0.0183. The Morgan fingerprint density at radius 3 is 2.19 bits per heavy atom. The van der Waals surface area contributed by atoms with Crippen molar-refractivity contribution in [3.8, 4) is 0 Å². The minimum absolute atomic E-state index is 0.0183. The van der Waals surface area contributed by atoms with Crippen molar-refractivity contribution >= 4 is 17.5 Å². The SMILES string of the molecule is CCCN(CC(=O)Nc1ccc(C(C)(C)C)cc1)C1CCN(C(=O)c2ccccc2)CC1. The second-order valence-electron chi connectivity index (χ2n) is 9.74. The summed E-state index contributed by atoms with van der Waals surface area (Å²) in [6.45, 7) is 11.4. The molecule has 1 saturated heterocycles. The molecule has 1 N–H and O–H groups in total. The molecule has 2 amide bonds. The van der Waals surface area contributed by atoms with Crippen molar-refractivity contribution in [2.24, 2.45) is 0 Å². The van der Waals surface area contributed by atoms with Gasteiger partial charge in [-0.3, -0.25) is 14.5 Å². The van der Waals surface area contributed by atoms with Crippen molar-refractivity contribution in [3.05, 3.63) is 65.7 Å². The lowest BCUT2D eigenvalue weighted by Crippen LogP contribution is -2.49. The zero-order chi connectivity index (χ0) is 23.1. The van der Waals surface area contributed by atoms with Crippen molar-refractivity contribution in [3.63, 3.8) is 0 Å². The third-order valence-electron chi connectivity index (χ3n) is 6.18. The van der Waals surface area contributed by atoms with Crippen molar-refractivity contribution in [2.75, 3.05) is 31.5 Å². The van der Waals surface area contributed by atoms with E-state index in [2.05, 4.69) is 50.0 Å². The number of hydrogen-bond donors (Lipinski definition) is 1. The van der Waals surface area contributed by atoms with Crippen molar-refractivity contribution < 1.29 is 9.59 Å². The fourth-order valence-corrected chi connectivity index (χ4v) is 4.31. The maximum atomic E-state index is 12.8. The molecule has 1 aliphatic heterocycles. The highest BCUT2D eigenvalue weighted by Crippen LogP contribution is 2.24. The number of amides is 2. The molecule has 0 bridgehead atoms. The van der Waals surface area contributed by atoms with Crippen LogP contribution in [-0.4, -0.2) is 53.8 Å². The van der Waals surface area contributed by atoms with Gasteiger partial charge in [-0.1, -0.05) is 58.0 Å². The summed E-state index contributed by atoms with van der Waals surface area (Å²) >= 11 is 0. The van der Waals surface area contributed by atoms with E-state index < -0.39 is 0 Å². The Labute approximate surface area is 192 Å². The molecule has 32 heavy (non-hydrogen) atoms. The molecule has 1 heterocycles. The van der Waals surface area contributed by atoms with Gasteiger partial charge in [0, 0.05) is 30.4 Å². The number of benzene rings is 2. The Kier molecular flexibility index (Phi) is 8.08. The fourth-order valence-electron chi connectivity index (χ4n) is 4.31. The molecule has 0 aliphatic carbocycles. The predicted molar refractivity (Wildman–Crippen MR) is 131 cm³/mol. The lowest BCUT2D eigenvalue weighted by atomic mass is 9.87. The van der Waals surface area contributed by atoms with Crippen LogP contribution in [0, 0.1) is 0 Å². The van der Waals surface area contributed by atoms with Gasteiger partial charge in [0.1, 0.15) is 0 Å². The molecule has 0 radical (unpaired) electrons. The van der Waals surface area contributed by atoms with E-state index >= 15 is 0 Å². The van der Waals surface area contributed by atoms with Gasteiger partial charge in [0.05, 0.1) is 6.54 Å². The molecule has 3 rings (SSSR count). The second kappa shape index (κ2) is 10.8. The van der Waals surface area contributed by atoms with E-state index in [9.17, 15) is 9.59 Å². The highest BCUT2D eigenvalue weighted by molar-refractivity contribution is 5.94. The highest BCUT2D eigenvalue weighted by Gasteiger charge is 2.28. The van der Waals surface area contributed by atoms with Crippen LogP contribution < -0.4 is 5.32 Å². The zero-order valence-corrected chi connectivity index (χ0v) is 19.9. The van der Waals surface area contributed by atoms with E-state index in [0.29, 0.717) is 12.6 Å². The zero-order valence-electron chi connectivity index (χ0n) is 19.9. The van der Waals surface area contributed by atoms with E-state index in [-0.39, 0.29) is 17.2 Å². The molecule has 172 valence electrons. The topological polar surface area (TPSA) is 52.7 Å². The van der Waals surface area contributed by atoms with Crippen LogP contribution in [0.15, 0.2) is 54.6 Å². The molecule has 0 aromatic heterocycles. The molecule has 0 spiro atoms. The third kappa shape index (κ3) is 6.42. The monoisotopic (exact) mass is 435 g/mol. The van der Waals surface area contributed by atoms with Crippen LogP contribution in [0.25, 0.3) is 0 Å². The lowest BCUT2D eigenvalue weighted by molar-refractivity contribution is -0.118. The van der Waals surface area contributed by atoms with Gasteiger partial charge in [0.25, 0.3) is 5.91 Å². The van der Waals surface area contributed by atoms with Crippen molar-refractivity contribution in [2.45, 2.75) is 58.4 Å². The van der Waals surface area contributed by atoms with Crippen LogP contribution in [-0.2, 0) is 10.2 Å². The molecule has 1 fully saturated rings. The maximum Gasteiger partial charge on any atom is 0.253 e. The van der Waals surface area contributed by atoms with Gasteiger partial charge in [-0.2, -0.15) is 0 Å². The number of likely N-dealkylation sites (tertiary alicyclic amines) is 1. The largest absolute Gasteiger partial charge is 0.339 e.